The van der Waals surface area contributed by atoms with Gasteiger partial charge in [-0.15, -0.1) is 12.4 Å². The van der Waals surface area contributed by atoms with Gasteiger partial charge in [0.05, 0.1) is 5.52 Å². The van der Waals surface area contributed by atoms with Crippen molar-refractivity contribution >= 4 is 23.3 Å². The molecule has 1 unspecified atom stereocenters. The lowest BCUT2D eigenvalue weighted by Crippen LogP contribution is -2.32. The number of nitrogens with one attached hydrogen (secondary N) is 1. The van der Waals surface area contributed by atoms with Crippen LogP contribution in [0.25, 0.3) is 10.9 Å². The number of hydrogen-bond acceptors (Lipinski definition) is 3. The van der Waals surface area contributed by atoms with Crippen molar-refractivity contribution in [2.24, 2.45) is 0 Å². The molecule has 1 atom stereocenters. The van der Waals surface area contributed by atoms with E-state index in [9.17, 15) is 0 Å². The van der Waals surface area contributed by atoms with Gasteiger partial charge < -0.3 is 5.32 Å². The number of nitrogens with zero attached hydrogens (tertiary/aromatic N) is 2. The lowest BCUT2D eigenvalue weighted by molar-refractivity contribution is 0.249. The molecule has 3 rings (SSSR count). The van der Waals surface area contributed by atoms with Crippen LogP contribution in [-0.2, 0) is 6.54 Å². The first kappa shape index (κ1) is 14.3. The number of likely N-dealkylation sites (N-methyl/N-ethyl adjacent to an activating group) is 1. The Labute approximate surface area is 120 Å². The summed E-state index contributed by atoms with van der Waals surface area (Å²) in [6.07, 6.45) is 3.10. The molecule has 1 fully saturated rings. The average molecular weight is 278 g/mol. The second-order valence-corrected chi connectivity index (χ2v) is 5.09. The van der Waals surface area contributed by atoms with Crippen LogP contribution in [-0.4, -0.2) is 36.1 Å². The number of halogens is 1. The van der Waals surface area contributed by atoms with E-state index in [1.54, 1.807) is 0 Å². The molecule has 0 spiro atoms. The van der Waals surface area contributed by atoms with Crippen LogP contribution in [0.1, 0.15) is 12.0 Å². The summed E-state index contributed by atoms with van der Waals surface area (Å²) < 4.78 is 0. The van der Waals surface area contributed by atoms with Crippen molar-refractivity contribution in [3.63, 3.8) is 0 Å². The molecule has 1 N–H and O–H groups in total. The molecule has 1 aliphatic heterocycles. The van der Waals surface area contributed by atoms with E-state index in [1.165, 1.54) is 17.4 Å². The summed E-state index contributed by atoms with van der Waals surface area (Å²) in [7, 11) is 2.21. The highest BCUT2D eigenvalue weighted by Gasteiger charge is 2.18. The molecule has 2 heterocycles. The number of pyridine rings is 1. The van der Waals surface area contributed by atoms with E-state index in [4.69, 9.17) is 0 Å². The van der Waals surface area contributed by atoms with Crippen LogP contribution in [0.3, 0.4) is 0 Å². The van der Waals surface area contributed by atoms with Gasteiger partial charge in [-0.25, -0.2) is 0 Å². The average Bonchev–Trinajstić information content (AvgIpc) is 2.92. The first-order valence-electron chi connectivity index (χ1n) is 6.57. The summed E-state index contributed by atoms with van der Waals surface area (Å²) >= 11 is 0. The van der Waals surface area contributed by atoms with Gasteiger partial charge in [-0.05, 0) is 43.8 Å². The maximum atomic E-state index is 4.36. The molecule has 102 valence electrons. The number of hydrogen-bond donors (Lipinski definition) is 1. The highest BCUT2D eigenvalue weighted by Crippen LogP contribution is 2.16. The van der Waals surface area contributed by atoms with Gasteiger partial charge in [0.1, 0.15) is 0 Å². The van der Waals surface area contributed by atoms with E-state index in [2.05, 4.69) is 46.5 Å². The molecule has 0 amide bonds. The standard InChI is InChI=1S/C15H19N3.ClH/c1-18(14-6-8-16-10-14)11-12-4-5-15-13(9-12)3-2-7-17-15;/h2-5,7,9,14,16H,6,8,10-11H2,1H3;1H. The number of aromatic nitrogens is 1. The zero-order chi connectivity index (χ0) is 12.4. The van der Waals surface area contributed by atoms with Crippen molar-refractivity contribution in [3.8, 4) is 0 Å². The Morgan fingerprint density at radius 3 is 3.05 bits per heavy atom. The van der Waals surface area contributed by atoms with Crippen molar-refractivity contribution in [3.05, 3.63) is 42.1 Å². The van der Waals surface area contributed by atoms with Gasteiger partial charge in [-0.1, -0.05) is 12.1 Å². The van der Waals surface area contributed by atoms with E-state index in [-0.39, 0.29) is 12.4 Å². The van der Waals surface area contributed by atoms with Crippen molar-refractivity contribution in [1.82, 2.24) is 15.2 Å². The summed E-state index contributed by atoms with van der Waals surface area (Å²) in [4.78, 5) is 6.80. The van der Waals surface area contributed by atoms with Gasteiger partial charge in [0, 0.05) is 30.7 Å². The number of benzene rings is 1. The first-order chi connectivity index (χ1) is 8.83. The molecule has 3 nitrogen and oxygen atoms in total. The number of rotatable bonds is 3. The normalized spacial score (nSPS) is 18.7. The fraction of sp³-hybridized carbons (Fsp3) is 0.400. The van der Waals surface area contributed by atoms with Crippen molar-refractivity contribution in [2.45, 2.75) is 19.0 Å². The van der Waals surface area contributed by atoms with Gasteiger partial charge in [0.15, 0.2) is 0 Å². The molecule has 0 bridgehead atoms. The number of fused-ring (bicyclic) bond motifs is 1. The SMILES string of the molecule is CN(Cc1ccc2ncccc2c1)C1CCNC1.Cl. The molecule has 2 aromatic rings. The molecule has 1 aromatic carbocycles. The summed E-state index contributed by atoms with van der Waals surface area (Å²) in [5.74, 6) is 0. The third-order valence-corrected chi connectivity index (χ3v) is 3.76. The molecular formula is C15H20ClN3. The van der Waals surface area contributed by atoms with E-state index in [1.807, 2.05) is 12.3 Å². The van der Waals surface area contributed by atoms with Crippen molar-refractivity contribution < 1.29 is 0 Å². The second kappa shape index (κ2) is 6.33. The third kappa shape index (κ3) is 3.24. The van der Waals surface area contributed by atoms with Gasteiger partial charge in [-0.3, -0.25) is 9.88 Å². The maximum absolute atomic E-state index is 4.36. The van der Waals surface area contributed by atoms with E-state index < -0.39 is 0 Å². The van der Waals surface area contributed by atoms with Gasteiger partial charge >= 0.3 is 0 Å². The fourth-order valence-electron chi connectivity index (χ4n) is 2.66. The summed E-state index contributed by atoms with van der Waals surface area (Å²) in [5.41, 5.74) is 2.44. The Kier molecular flexibility index (Phi) is 4.75. The Bertz CT molecular complexity index is 538. The van der Waals surface area contributed by atoms with E-state index in [0.29, 0.717) is 6.04 Å². The van der Waals surface area contributed by atoms with Crippen LogP contribution in [0.15, 0.2) is 36.5 Å². The Morgan fingerprint density at radius 2 is 2.26 bits per heavy atom. The minimum atomic E-state index is 0. The quantitative estimate of drug-likeness (QED) is 0.934. The van der Waals surface area contributed by atoms with E-state index in [0.717, 1.165) is 25.2 Å². The lowest BCUT2D eigenvalue weighted by atomic mass is 10.1. The van der Waals surface area contributed by atoms with Crippen molar-refractivity contribution in [2.75, 3.05) is 20.1 Å². The topological polar surface area (TPSA) is 28.2 Å². The predicted octanol–water partition coefficient (Wildman–Crippen LogP) is 2.45. The molecule has 0 saturated carbocycles. The molecule has 0 aliphatic carbocycles. The van der Waals surface area contributed by atoms with Crippen LogP contribution in [0, 0.1) is 0 Å². The molecule has 4 heteroatoms. The van der Waals surface area contributed by atoms with Crippen molar-refractivity contribution in [1.29, 1.82) is 0 Å². The summed E-state index contributed by atoms with van der Waals surface area (Å²) in [6.45, 7) is 3.28. The third-order valence-electron chi connectivity index (χ3n) is 3.76. The summed E-state index contributed by atoms with van der Waals surface area (Å²) in [6, 6.07) is 11.4. The molecule has 1 aromatic heterocycles. The maximum Gasteiger partial charge on any atom is 0.0702 e. The minimum Gasteiger partial charge on any atom is -0.315 e. The highest BCUT2D eigenvalue weighted by atomic mass is 35.5. The van der Waals surface area contributed by atoms with Crippen LogP contribution in [0.4, 0.5) is 0 Å². The van der Waals surface area contributed by atoms with Crippen LogP contribution in [0.2, 0.25) is 0 Å². The monoisotopic (exact) mass is 277 g/mol. The summed E-state index contributed by atoms with van der Waals surface area (Å²) in [5, 5.41) is 4.65. The molecular weight excluding hydrogens is 258 g/mol. The second-order valence-electron chi connectivity index (χ2n) is 5.09. The Balaban J connectivity index is 0.00000133. The minimum absolute atomic E-state index is 0. The largest absolute Gasteiger partial charge is 0.315 e. The van der Waals surface area contributed by atoms with Gasteiger partial charge in [-0.2, -0.15) is 0 Å². The zero-order valence-corrected chi connectivity index (χ0v) is 12.0. The highest BCUT2D eigenvalue weighted by molar-refractivity contribution is 5.85. The van der Waals surface area contributed by atoms with Gasteiger partial charge in [0.2, 0.25) is 0 Å². The zero-order valence-electron chi connectivity index (χ0n) is 11.2. The Hall–Kier alpha value is -1.16. The Morgan fingerprint density at radius 1 is 1.37 bits per heavy atom. The molecule has 1 aliphatic rings. The predicted molar refractivity (Wildman–Crippen MR) is 81.7 cm³/mol. The van der Waals surface area contributed by atoms with Crippen LogP contribution >= 0.6 is 12.4 Å². The smallest absolute Gasteiger partial charge is 0.0702 e. The van der Waals surface area contributed by atoms with E-state index >= 15 is 0 Å². The first-order valence-corrected chi connectivity index (χ1v) is 6.57. The lowest BCUT2D eigenvalue weighted by Gasteiger charge is -2.23. The van der Waals surface area contributed by atoms with Crippen LogP contribution in [0.5, 0.6) is 0 Å². The molecule has 19 heavy (non-hydrogen) atoms. The fourth-order valence-corrected chi connectivity index (χ4v) is 2.66. The molecule has 1 saturated heterocycles. The van der Waals surface area contributed by atoms with Gasteiger partial charge in [0.25, 0.3) is 0 Å². The molecule has 0 radical (unpaired) electrons. The van der Waals surface area contributed by atoms with Crippen LogP contribution < -0.4 is 5.32 Å².